The predicted octanol–water partition coefficient (Wildman–Crippen LogP) is 6.66. The van der Waals surface area contributed by atoms with Crippen molar-refractivity contribution in [3.8, 4) is 23.0 Å². The van der Waals surface area contributed by atoms with E-state index < -0.39 is 11.6 Å². The molecule has 0 amide bonds. The molecule has 34 heavy (non-hydrogen) atoms. The second-order valence-corrected chi connectivity index (χ2v) is 9.94. The largest absolute Gasteiger partial charge is 0.390 e. The molecule has 0 fully saturated rings. The normalized spacial score (nSPS) is 18.7. The topological polar surface area (TPSA) is 48.0 Å². The number of aryl methyl sites for hydroxylation is 2. The fraction of sp³-hybridized carbons (Fsp3) is 0.267. The molecule has 3 N–H and O–H groups in total. The summed E-state index contributed by atoms with van der Waals surface area (Å²) in [6, 6.07) is 14.7. The predicted molar refractivity (Wildman–Crippen MR) is 138 cm³/mol. The van der Waals surface area contributed by atoms with E-state index in [-0.39, 0.29) is 11.7 Å². The average Bonchev–Trinajstić information content (AvgIpc) is 3.19. The molecule has 0 saturated heterocycles. The highest BCUT2D eigenvalue weighted by atomic mass is 19.1. The molecule has 2 heterocycles. The Balaban J connectivity index is 1.82. The lowest BCUT2D eigenvalue weighted by Crippen LogP contribution is -2.50. The van der Waals surface area contributed by atoms with Crippen LogP contribution in [0.5, 0.6) is 0 Å². The molecular weight excluding hydrogens is 423 g/mol. The Morgan fingerprint density at radius 1 is 0.971 bits per heavy atom. The molecule has 0 aliphatic carbocycles. The van der Waals surface area contributed by atoms with Crippen molar-refractivity contribution in [2.24, 2.45) is 0 Å². The number of aliphatic hydroxyl groups is 1. The van der Waals surface area contributed by atoms with Crippen LogP contribution in [0.25, 0.3) is 22.0 Å². The Morgan fingerprint density at radius 3 is 2.44 bits per heavy atom. The lowest BCUT2D eigenvalue weighted by atomic mass is 9.75. The lowest BCUT2D eigenvalue weighted by Gasteiger charge is -2.43. The first kappa shape index (κ1) is 22.3. The van der Waals surface area contributed by atoms with Crippen molar-refractivity contribution in [3.63, 3.8) is 0 Å². The van der Waals surface area contributed by atoms with Crippen molar-refractivity contribution in [3.05, 3.63) is 88.4 Å². The number of aliphatic hydroxyl groups excluding tert-OH is 1. The summed E-state index contributed by atoms with van der Waals surface area (Å²) in [4.78, 5) is 3.44. The van der Waals surface area contributed by atoms with Crippen molar-refractivity contribution in [2.75, 3.05) is 5.32 Å². The van der Waals surface area contributed by atoms with Crippen molar-refractivity contribution in [1.82, 2.24) is 4.98 Å². The smallest absolute Gasteiger partial charge is 0.123 e. The maximum absolute atomic E-state index is 13.4. The third-order valence-electron chi connectivity index (χ3n) is 7.07. The minimum absolute atomic E-state index is 0.119. The van der Waals surface area contributed by atoms with Gasteiger partial charge in [0.2, 0.25) is 0 Å². The second-order valence-electron chi connectivity index (χ2n) is 9.94. The van der Waals surface area contributed by atoms with E-state index in [1.54, 1.807) is 12.1 Å². The summed E-state index contributed by atoms with van der Waals surface area (Å²) in [6.45, 7) is 10.3. The molecule has 1 aromatic heterocycles. The maximum Gasteiger partial charge on any atom is 0.123 e. The Bertz CT molecular complexity index is 1470. The molecule has 4 heteroatoms. The van der Waals surface area contributed by atoms with E-state index in [4.69, 9.17) is 0 Å². The van der Waals surface area contributed by atoms with Gasteiger partial charge in [0.05, 0.1) is 17.2 Å². The van der Waals surface area contributed by atoms with E-state index in [0.717, 1.165) is 44.6 Å². The Kier molecular flexibility index (Phi) is 5.26. The summed E-state index contributed by atoms with van der Waals surface area (Å²) in [7, 11) is 0. The lowest BCUT2D eigenvalue weighted by molar-refractivity contribution is 0.0868. The molecule has 0 spiro atoms. The Hall–Kier alpha value is -3.55. The molecule has 0 bridgehead atoms. The van der Waals surface area contributed by atoms with Crippen LogP contribution in [-0.4, -0.2) is 21.7 Å². The van der Waals surface area contributed by atoms with Gasteiger partial charge >= 0.3 is 0 Å². The van der Waals surface area contributed by atoms with Gasteiger partial charge in [-0.2, -0.15) is 0 Å². The van der Waals surface area contributed by atoms with E-state index in [1.807, 2.05) is 20.0 Å². The van der Waals surface area contributed by atoms with Gasteiger partial charge in [0, 0.05) is 45.4 Å². The van der Waals surface area contributed by atoms with Gasteiger partial charge in [-0.15, -0.1) is 0 Å². The van der Waals surface area contributed by atoms with Gasteiger partial charge in [0.25, 0.3) is 0 Å². The van der Waals surface area contributed by atoms with Gasteiger partial charge in [-0.1, -0.05) is 37.0 Å². The molecule has 2 atom stereocenters. The number of H-pyrrole nitrogens is 1. The first-order valence-corrected chi connectivity index (χ1v) is 11.7. The van der Waals surface area contributed by atoms with Crippen LogP contribution < -0.4 is 5.32 Å². The number of anilines is 1. The number of aromatic amines is 1. The Morgan fingerprint density at radius 2 is 1.71 bits per heavy atom. The van der Waals surface area contributed by atoms with Crippen LogP contribution in [0.1, 0.15) is 54.5 Å². The summed E-state index contributed by atoms with van der Waals surface area (Å²) in [6.07, 6.45) is 1.45. The summed E-state index contributed by atoms with van der Waals surface area (Å²) < 4.78 is 13.4. The zero-order valence-corrected chi connectivity index (χ0v) is 20.2. The van der Waals surface area contributed by atoms with E-state index >= 15 is 0 Å². The van der Waals surface area contributed by atoms with Gasteiger partial charge < -0.3 is 15.4 Å². The van der Waals surface area contributed by atoms with Crippen molar-refractivity contribution in [2.45, 2.75) is 52.2 Å². The fourth-order valence-corrected chi connectivity index (χ4v) is 5.18. The Labute approximate surface area is 200 Å². The van der Waals surface area contributed by atoms with Crippen LogP contribution in [0.15, 0.2) is 54.7 Å². The fourth-order valence-electron chi connectivity index (χ4n) is 5.18. The van der Waals surface area contributed by atoms with Gasteiger partial charge in [-0.25, -0.2) is 4.39 Å². The standard InChI is InChI=1S/C30H29FN2O/c1-17-15-25(24-8-6-7-22-18(2)16-32-28(22)24)23(14-11-20-9-12-21(31)13-10-20)26-19(3)29(34)30(4,5)33-27(17)26/h6-10,12-13,15-16,19,29,32-34H,1-5H3/t19-,29+/m0/s1. The zero-order chi connectivity index (χ0) is 24.2. The van der Waals surface area contributed by atoms with E-state index in [1.165, 1.54) is 23.1 Å². The van der Waals surface area contributed by atoms with E-state index in [0.29, 0.717) is 0 Å². The van der Waals surface area contributed by atoms with Crippen molar-refractivity contribution < 1.29 is 9.50 Å². The average molecular weight is 453 g/mol. The highest BCUT2D eigenvalue weighted by Crippen LogP contribution is 2.46. The zero-order valence-electron chi connectivity index (χ0n) is 20.2. The van der Waals surface area contributed by atoms with Gasteiger partial charge in [0.15, 0.2) is 0 Å². The summed E-state index contributed by atoms with van der Waals surface area (Å²) in [5, 5.41) is 15.9. The highest BCUT2D eigenvalue weighted by molar-refractivity contribution is 5.98. The number of rotatable bonds is 1. The summed E-state index contributed by atoms with van der Waals surface area (Å²) >= 11 is 0. The monoisotopic (exact) mass is 452 g/mol. The third-order valence-corrected chi connectivity index (χ3v) is 7.07. The van der Waals surface area contributed by atoms with Crippen LogP contribution in [0.4, 0.5) is 10.1 Å². The van der Waals surface area contributed by atoms with Gasteiger partial charge in [0.1, 0.15) is 5.82 Å². The third kappa shape index (κ3) is 3.57. The van der Waals surface area contributed by atoms with Crippen LogP contribution >= 0.6 is 0 Å². The van der Waals surface area contributed by atoms with Crippen molar-refractivity contribution >= 4 is 16.6 Å². The van der Waals surface area contributed by atoms with Gasteiger partial charge in [-0.05, 0) is 74.7 Å². The van der Waals surface area contributed by atoms with Crippen LogP contribution in [-0.2, 0) is 0 Å². The first-order valence-electron chi connectivity index (χ1n) is 11.7. The molecule has 0 unspecified atom stereocenters. The quantitative estimate of drug-likeness (QED) is 0.283. The number of hydrogen-bond acceptors (Lipinski definition) is 2. The van der Waals surface area contributed by atoms with Gasteiger partial charge in [-0.3, -0.25) is 0 Å². The second kappa shape index (κ2) is 8.04. The maximum atomic E-state index is 13.4. The molecule has 3 aromatic carbocycles. The SMILES string of the molecule is Cc1cc(-c2cccc3c(C)c[nH]c23)c(C#Cc2ccc(F)cc2)c2c1NC(C)(C)[C@H](O)[C@H]2C. The highest BCUT2D eigenvalue weighted by Gasteiger charge is 2.40. The number of nitrogens with one attached hydrogen (secondary N) is 2. The number of para-hydroxylation sites is 1. The van der Waals surface area contributed by atoms with Crippen molar-refractivity contribution in [1.29, 1.82) is 0 Å². The summed E-state index contributed by atoms with van der Waals surface area (Å²) in [5.41, 5.74) is 8.71. The number of benzene rings is 3. The molecule has 0 radical (unpaired) electrons. The van der Waals surface area contributed by atoms with E-state index in [9.17, 15) is 9.50 Å². The number of hydrogen-bond donors (Lipinski definition) is 3. The minimum Gasteiger partial charge on any atom is -0.390 e. The molecular formula is C30H29FN2O. The first-order chi connectivity index (χ1) is 16.2. The number of aromatic nitrogens is 1. The van der Waals surface area contributed by atoms with Crippen LogP contribution in [0.3, 0.4) is 0 Å². The number of fused-ring (bicyclic) bond motifs is 2. The molecule has 1 aliphatic rings. The molecule has 4 aromatic rings. The molecule has 1 aliphatic heterocycles. The van der Waals surface area contributed by atoms with E-state index in [2.05, 4.69) is 67.2 Å². The molecule has 5 rings (SSSR count). The molecule has 3 nitrogen and oxygen atoms in total. The molecule has 172 valence electrons. The van der Waals surface area contributed by atoms with Crippen LogP contribution in [0.2, 0.25) is 0 Å². The minimum atomic E-state index is -0.579. The molecule has 0 saturated carbocycles. The van der Waals surface area contributed by atoms with Crippen LogP contribution in [0, 0.1) is 31.5 Å². The number of halogens is 1. The summed E-state index contributed by atoms with van der Waals surface area (Å²) in [5.74, 6) is 6.26.